The number of hydrogen-bond acceptors (Lipinski definition) is 7. The zero-order chi connectivity index (χ0) is 35.1. The van der Waals surface area contributed by atoms with Crippen molar-refractivity contribution in [2.24, 2.45) is 0 Å². The van der Waals surface area contributed by atoms with Crippen molar-refractivity contribution in [2.75, 3.05) is 24.6 Å². The van der Waals surface area contributed by atoms with E-state index in [1.54, 1.807) is 45.9 Å². The molecule has 1 heterocycles. The van der Waals surface area contributed by atoms with Crippen molar-refractivity contribution in [3.05, 3.63) is 83.2 Å². The van der Waals surface area contributed by atoms with Gasteiger partial charge in [-0.05, 0) is 104 Å². The van der Waals surface area contributed by atoms with Crippen LogP contribution in [0.4, 0.5) is 14.9 Å². The Hall–Kier alpha value is -4.11. The first-order valence-electron chi connectivity index (χ1n) is 16.8. The fourth-order valence-corrected chi connectivity index (χ4v) is 5.70. The van der Waals surface area contributed by atoms with Crippen LogP contribution >= 0.6 is 0 Å². The van der Waals surface area contributed by atoms with Crippen molar-refractivity contribution in [1.82, 2.24) is 5.32 Å². The first kappa shape index (κ1) is 36.7. The molecule has 2 atom stereocenters. The number of rotatable bonds is 12. The van der Waals surface area contributed by atoms with E-state index in [4.69, 9.17) is 18.9 Å². The molecule has 8 nitrogen and oxygen atoms in total. The SMILES string of the molecule is CCN(CC1CCCO1)c1cc(COc2ccccc2CC(=O)OC(C)(C)C)cc(-c2cccc(C(C)NC(=O)OC(C)(C)C)c2F)c1. The second-order valence-corrected chi connectivity index (χ2v) is 14.3. The van der Waals surface area contributed by atoms with Gasteiger partial charge in [0.1, 0.15) is 29.4 Å². The third kappa shape index (κ3) is 10.7. The molecule has 0 aliphatic carbocycles. The van der Waals surface area contributed by atoms with Crippen LogP contribution in [0.25, 0.3) is 11.1 Å². The molecule has 2 unspecified atom stereocenters. The van der Waals surface area contributed by atoms with Gasteiger partial charge in [0.15, 0.2) is 0 Å². The minimum atomic E-state index is -0.673. The number of para-hydroxylation sites is 1. The molecule has 3 aromatic carbocycles. The van der Waals surface area contributed by atoms with Crippen LogP contribution in [0.3, 0.4) is 0 Å². The summed E-state index contributed by atoms with van der Waals surface area (Å²) in [6.45, 7) is 17.1. The Morgan fingerprint density at radius 3 is 2.40 bits per heavy atom. The van der Waals surface area contributed by atoms with Gasteiger partial charge in [-0.15, -0.1) is 0 Å². The molecule has 1 aliphatic rings. The van der Waals surface area contributed by atoms with E-state index < -0.39 is 29.2 Å². The predicted octanol–water partition coefficient (Wildman–Crippen LogP) is 8.55. The number of benzene rings is 3. The van der Waals surface area contributed by atoms with Gasteiger partial charge in [0.05, 0.1) is 18.6 Å². The highest BCUT2D eigenvalue weighted by Gasteiger charge is 2.24. The average molecular weight is 663 g/mol. The van der Waals surface area contributed by atoms with Crippen LogP contribution in [0.1, 0.15) is 91.0 Å². The average Bonchev–Trinajstić information content (AvgIpc) is 3.50. The fourth-order valence-electron chi connectivity index (χ4n) is 5.70. The number of carbonyl (C=O) groups excluding carboxylic acids is 2. The molecule has 0 bridgehead atoms. The molecule has 0 spiro atoms. The number of amides is 1. The number of carbonyl (C=O) groups is 2. The maximum Gasteiger partial charge on any atom is 0.408 e. The Morgan fingerprint density at radius 1 is 1.00 bits per heavy atom. The monoisotopic (exact) mass is 662 g/mol. The molecule has 9 heteroatoms. The Kier molecular flexibility index (Phi) is 12.1. The van der Waals surface area contributed by atoms with Gasteiger partial charge in [-0.25, -0.2) is 9.18 Å². The molecule has 0 aromatic heterocycles. The van der Waals surface area contributed by atoms with Crippen molar-refractivity contribution in [3.63, 3.8) is 0 Å². The van der Waals surface area contributed by atoms with E-state index in [1.807, 2.05) is 57.2 Å². The summed E-state index contributed by atoms with van der Waals surface area (Å²) < 4.78 is 39.5. The molecule has 1 N–H and O–H groups in total. The Bertz CT molecular complexity index is 1550. The van der Waals surface area contributed by atoms with Gasteiger partial charge >= 0.3 is 12.1 Å². The summed E-state index contributed by atoms with van der Waals surface area (Å²) in [7, 11) is 0. The molecule has 48 heavy (non-hydrogen) atoms. The van der Waals surface area contributed by atoms with Crippen LogP contribution in [0.2, 0.25) is 0 Å². The molecule has 0 saturated carbocycles. The molecule has 1 saturated heterocycles. The van der Waals surface area contributed by atoms with Crippen LogP contribution in [-0.4, -0.2) is 49.1 Å². The van der Waals surface area contributed by atoms with Gasteiger partial charge in [-0.2, -0.15) is 0 Å². The van der Waals surface area contributed by atoms with E-state index in [-0.39, 0.29) is 25.1 Å². The molecule has 3 aromatic rings. The Labute approximate surface area is 284 Å². The largest absolute Gasteiger partial charge is 0.489 e. The molecule has 1 fully saturated rings. The van der Waals surface area contributed by atoms with Crippen molar-refractivity contribution < 1.29 is 32.9 Å². The van der Waals surface area contributed by atoms with E-state index in [0.717, 1.165) is 49.4 Å². The van der Waals surface area contributed by atoms with Crippen molar-refractivity contribution >= 4 is 17.7 Å². The van der Waals surface area contributed by atoms with Crippen LogP contribution in [-0.2, 0) is 32.0 Å². The van der Waals surface area contributed by atoms with E-state index in [0.29, 0.717) is 22.4 Å². The minimum absolute atomic E-state index is 0.0806. The lowest BCUT2D eigenvalue weighted by atomic mass is 9.97. The third-order valence-electron chi connectivity index (χ3n) is 7.83. The number of nitrogens with zero attached hydrogens (tertiary/aromatic N) is 1. The molecule has 1 aliphatic heterocycles. The van der Waals surface area contributed by atoms with E-state index in [1.165, 1.54) is 0 Å². The number of likely N-dealkylation sites (N-methyl/N-ethyl adjacent to an activating group) is 1. The van der Waals surface area contributed by atoms with Gasteiger partial charge in [0.25, 0.3) is 0 Å². The lowest BCUT2D eigenvalue weighted by molar-refractivity contribution is -0.153. The molecular formula is C39H51FN2O6. The quantitative estimate of drug-likeness (QED) is 0.195. The number of hydrogen-bond donors (Lipinski definition) is 1. The summed E-state index contributed by atoms with van der Waals surface area (Å²) in [6.07, 6.45) is 1.64. The topological polar surface area (TPSA) is 86.3 Å². The Morgan fingerprint density at radius 2 is 1.73 bits per heavy atom. The lowest BCUT2D eigenvalue weighted by Crippen LogP contribution is -2.34. The van der Waals surface area contributed by atoms with Crippen LogP contribution < -0.4 is 15.0 Å². The predicted molar refractivity (Wildman–Crippen MR) is 187 cm³/mol. The van der Waals surface area contributed by atoms with Gasteiger partial charge in [0.2, 0.25) is 0 Å². The second kappa shape index (κ2) is 15.9. The summed E-state index contributed by atoms with van der Waals surface area (Å²) in [5.74, 6) is -0.173. The molecule has 0 radical (unpaired) electrons. The van der Waals surface area contributed by atoms with Gasteiger partial charge in [0, 0.05) is 42.1 Å². The van der Waals surface area contributed by atoms with E-state index >= 15 is 4.39 Å². The third-order valence-corrected chi connectivity index (χ3v) is 7.83. The first-order valence-corrected chi connectivity index (χ1v) is 16.8. The first-order chi connectivity index (χ1) is 22.6. The smallest absolute Gasteiger partial charge is 0.408 e. The van der Waals surface area contributed by atoms with E-state index in [2.05, 4.69) is 23.2 Å². The number of ether oxygens (including phenoxy) is 4. The second-order valence-electron chi connectivity index (χ2n) is 14.3. The maximum atomic E-state index is 16.3. The number of halogens is 1. The highest BCUT2D eigenvalue weighted by atomic mass is 19.1. The summed E-state index contributed by atoms with van der Waals surface area (Å²) in [6, 6.07) is 18.0. The van der Waals surface area contributed by atoms with Gasteiger partial charge < -0.3 is 29.2 Å². The fraction of sp³-hybridized carbons (Fsp3) is 0.487. The van der Waals surface area contributed by atoms with Crippen molar-refractivity contribution in [3.8, 4) is 16.9 Å². The van der Waals surface area contributed by atoms with Crippen molar-refractivity contribution in [1.29, 1.82) is 0 Å². The lowest BCUT2D eigenvalue weighted by Gasteiger charge is -2.27. The maximum absolute atomic E-state index is 16.3. The number of alkyl carbamates (subject to hydrolysis) is 1. The van der Waals surface area contributed by atoms with Crippen LogP contribution in [0.5, 0.6) is 5.75 Å². The molecular weight excluding hydrogens is 611 g/mol. The summed E-state index contributed by atoms with van der Waals surface area (Å²) in [5.41, 5.74) is 2.67. The standard InChI is InChI=1S/C39H51FN2O6/c1-9-42(24-31-15-13-19-45-31)30-21-27(25-46-34-18-11-10-14-28(34)23-35(43)47-38(3,4)5)20-29(22-30)33-17-12-16-32(36(33)40)26(2)41-37(44)48-39(6,7)8/h10-12,14,16-18,20-22,26,31H,9,13,15,19,23-25H2,1-8H3,(H,41,44). The Balaban J connectivity index is 1.66. The molecule has 260 valence electrons. The molecule has 1 amide bonds. The van der Waals surface area contributed by atoms with Crippen molar-refractivity contribution in [2.45, 2.75) is 105 Å². The van der Waals surface area contributed by atoms with Crippen LogP contribution in [0.15, 0.2) is 60.7 Å². The minimum Gasteiger partial charge on any atom is -0.489 e. The normalized spacial score (nSPS) is 15.5. The van der Waals surface area contributed by atoms with Crippen LogP contribution in [0, 0.1) is 5.82 Å². The van der Waals surface area contributed by atoms with Gasteiger partial charge in [-0.1, -0.05) is 36.4 Å². The van der Waals surface area contributed by atoms with Gasteiger partial charge in [-0.3, -0.25) is 4.79 Å². The highest BCUT2D eigenvalue weighted by molar-refractivity contribution is 5.74. The number of esters is 1. The molecule has 4 rings (SSSR count). The summed E-state index contributed by atoms with van der Waals surface area (Å²) >= 11 is 0. The zero-order valence-corrected chi connectivity index (χ0v) is 29.7. The zero-order valence-electron chi connectivity index (χ0n) is 29.7. The highest BCUT2D eigenvalue weighted by Crippen LogP contribution is 2.33. The number of nitrogens with one attached hydrogen (secondary N) is 1. The number of anilines is 1. The summed E-state index contributed by atoms with van der Waals surface area (Å²) in [4.78, 5) is 27.3. The van der Waals surface area contributed by atoms with E-state index in [9.17, 15) is 9.59 Å². The summed E-state index contributed by atoms with van der Waals surface area (Å²) in [5, 5.41) is 2.76.